The number of sulfonamides is 1. The number of anilines is 1. The molecular weight excluding hydrogens is 346 g/mol. The Morgan fingerprint density at radius 3 is 2.33 bits per heavy atom. The van der Waals surface area contributed by atoms with Gasteiger partial charge >= 0.3 is 0 Å². The first-order chi connectivity index (χ1) is 11.4. The minimum absolute atomic E-state index is 0.224. The van der Waals surface area contributed by atoms with Crippen LogP contribution in [0.1, 0.15) is 33.8 Å². The van der Waals surface area contributed by atoms with Gasteiger partial charge in [0.25, 0.3) is 5.91 Å². The first-order valence-corrected chi connectivity index (χ1v) is 9.99. The van der Waals surface area contributed by atoms with E-state index in [1.807, 2.05) is 13.8 Å². The van der Waals surface area contributed by atoms with Crippen LogP contribution in [-0.2, 0) is 10.0 Å². The largest absolute Gasteiger partial charge is 0.298 e. The topological polar surface area (TPSA) is 79.4 Å². The van der Waals surface area contributed by atoms with Crippen LogP contribution in [-0.4, -0.2) is 36.7 Å². The van der Waals surface area contributed by atoms with Gasteiger partial charge in [0, 0.05) is 23.5 Å². The molecule has 0 bridgehead atoms. The summed E-state index contributed by atoms with van der Waals surface area (Å²) in [5.41, 5.74) is 1.29. The highest BCUT2D eigenvalue weighted by Gasteiger charge is 2.27. The molecule has 128 valence electrons. The number of rotatable bonds is 4. The van der Waals surface area contributed by atoms with E-state index < -0.39 is 10.0 Å². The molecule has 0 atom stereocenters. The molecule has 8 heteroatoms. The number of hydrogen-bond donors (Lipinski definition) is 1. The Morgan fingerprint density at radius 2 is 1.79 bits per heavy atom. The highest BCUT2D eigenvalue weighted by atomic mass is 32.2. The van der Waals surface area contributed by atoms with Crippen molar-refractivity contribution in [3.63, 3.8) is 0 Å². The Kier molecular flexibility index (Phi) is 4.71. The highest BCUT2D eigenvalue weighted by Crippen LogP contribution is 2.23. The van der Waals surface area contributed by atoms with Crippen LogP contribution in [0, 0.1) is 13.8 Å². The van der Waals surface area contributed by atoms with Crippen LogP contribution in [0.15, 0.2) is 29.2 Å². The normalized spacial score (nSPS) is 15.6. The van der Waals surface area contributed by atoms with Crippen molar-refractivity contribution in [2.24, 2.45) is 0 Å². The third-order valence-corrected chi connectivity index (χ3v) is 6.97. The van der Waals surface area contributed by atoms with Gasteiger partial charge in [-0.3, -0.25) is 10.1 Å². The van der Waals surface area contributed by atoms with Crippen LogP contribution < -0.4 is 5.32 Å². The van der Waals surface area contributed by atoms with Crippen molar-refractivity contribution >= 4 is 32.4 Å². The van der Waals surface area contributed by atoms with Crippen molar-refractivity contribution in [3.8, 4) is 0 Å². The maximum Gasteiger partial charge on any atom is 0.257 e. The fourth-order valence-corrected chi connectivity index (χ4v) is 4.88. The molecule has 0 radical (unpaired) electrons. The number of amides is 1. The van der Waals surface area contributed by atoms with E-state index in [0.29, 0.717) is 23.8 Å². The van der Waals surface area contributed by atoms with Gasteiger partial charge in [0.15, 0.2) is 5.13 Å². The van der Waals surface area contributed by atoms with Crippen LogP contribution >= 0.6 is 11.3 Å². The monoisotopic (exact) mass is 365 g/mol. The fourth-order valence-electron chi connectivity index (χ4n) is 2.55. The van der Waals surface area contributed by atoms with E-state index in [2.05, 4.69) is 10.3 Å². The van der Waals surface area contributed by atoms with Gasteiger partial charge in [-0.15, -0.1) is 11.3 Å². The van der Waals surface area contributed by atoms with Crippen molar-refractivity contribution in [2.45, 2.75) is 31.6 Å². The zero-order valence-corrected chi connectivity index (χ0v) is 15.2. The summed E-state index contributed by atoms with van der Waals surface area (Å²) in [7, 11) is -3.45. The third-order valence-electron chi connectivity index (χ3n) is 4.07. The van der Waals surface area contributed by atoms with Gasteiger partial charge in [0.2, 0.25) is 10.0 Å². The second-order valence-electron chi connectivity index (χ2n) is 5.75. The molecular formula is C16H19N3O3S2. The lowest BCUT2D eigenvalue weighted by atomic mass is 10.2. The minimum atomic E-state index is -3.45. The molecule has 1 aliphatic heterocycles. The summed E-state index contributed by atoms with van der Waals surface area (Å²) in [4.78, 5) is 17.8. The molecule has 3 rings (SSSR count). The lowest BCUT2D eigenvalue weighted by molar-refractivity contribution is 0.102. The molecule has 1 amide bonds. The first-order valence-electron chi connectivity index (χ1n) is 7.73. The van der Waals surface area contributed by atoms with E-state index in [9.17, 15) is 13.2 Å². The fraction of sp³-hybridized carbons (Fsp3) is 0.375. The molecule has 0 unspecified atom stereocenters. The zero-order valence-electron chi connectivity index (χ0n) is 13.6. The summed E-state index contributed by atoms with van der Waals surface area (Å²) in [5, 5.41) is 3.29. The Morgan fingerprint density at radius 1 is 1.17 bits per heavy atom. The number of nitrogens with one attached hydrogen (secondary N) is 1. The van der Waals surface area contributed by atoms with Gasteiger partial charge < -0.3 is 0 Å². The van der Waals surface area contributed by atoms with E-state index in [1.165, 1.54) is 39.9 Å². The smallest absolute Gasteiger partial charge is 0.257 e. The van der Waals surface area contributed by atoms with Crippen LogP contribution in [0.3, 0.4) is 0 Å². The number of hydrogen-bond acceptors (Lipinski definition) is 5. The summed E-state index contributed by atoms with van der Waals surface area (Å²) < 4.78 is 26.4. The Balaban J connectivity index is 1.75. The predicted molar refractivity (Wildman–Crippen MR) is 94.0 cm³/mol. The van der Waals surface area contributed by atoms with Gasteiger partial charge in [-0.05, 0) is 51.0 Å². The summed E-state index contributed by atoms with van der Waals surface area (Å²) in [6.45, 7) is 4.96. The number of aromatic nitrogens is 1. The third kappa shape index (κ3) is 3.35. The highest BCUT2D eigenvalue weighted by molar-refractivity contribution is 7.89. The quantitative estimate of drug-likeness (QED) is 0.903. The number of benzene rings is 1. The van der Waals surface area contributed by atoms with Crippen LogP contribution in [0.4, 0.5) is 5.13 Å². The number of thiazole rings is 1. The van der Waals surface area contributed by atoms with Crippen molar-refractivity contribution in [3.05, 3.63) is 40.4 Å². The Hall–Kier alpha value is -1.77. The average molecular weight is 365 g/mol. The first kappa shape index (κ1) is 17.1. The maximum absolute atomic E-state index is 12.5. The molecule has 1 fully saturated rings. The molecule has 24 heavy (non-hydrogen) atoms. The number of carbonyl (C=O) groups excluding carboxylic acids is 1. The van der Waals surface area contributed by atoms with E-state index in [1.54, 1.807) is 0 Å². The molecule has 6 nitrogen and oxygen atoms in total. The maximum atomic E-state index is 12.5. The summed E-state index contributed by atoms with van der Waals surface area (Å²) in [6, 6.07) is 6.04. The molecule has 2 heterocycles. The standard InChI is InChI=1S/C16H19N3O3S2/c1-11-12(2)23-16(17-11)18-15(20)13-5-7-14(8-6-13)24(21,22)19-9-3-4-10-19/h5-8H,3-4,9-10H2,1-2H3,(H,17,18,20). The molecule has 1 aromatic carbocycles. The summed E-state index contributed by atoms with van der Waals surface area (Å²) >= 11 is 1.42. The van der Waals surface area contributed by atoms with Gasteiger partial charge in [-0.1, -0.05) is 0 Å². The molecule has 0 saturated carbocycles. The zero-order chi connectivity index (χ0) is 17.3. The molecule has 2 aromatic rings. The molecule has 0 aliphatic carbocycles. The number of carbonyl (C=O) groups is 1. The second kappa shape index (κ2) is 6.62. The summed E-state index contributed by atoms with van der Waals surface area (Å²) in [5.74, 6) is -0.297. The minimum Gasteiger partial charge on any atom is -0.298 e. The number of nitrogens with zero attached hydrogens (tertiary/aromatic N) is 2. The predicted octanol–water partition coefficient (Wildman–Crippen LogP) is 2.80. The molecule has 1 aliphatic rings. The van der Waals surface area contributed by atoms with Crippen molar-refractivity contribution < 1.29 is 13.2 Å². The Bertz CT molecular complexity index is 832. The van der Waals surface area contributed by atoms with Crippen LogP contribution in [0.2, 0.25) is 0 Å². The molecule has 1 aromatic heterocycles. The van der Waals surface area contributed by atoms with E-state index in [4.69, 9.17) is 0 Å². The van der Waals surface area contributed by atoms with Crippen molar-refractivity contribution in [1.82, 2.24) is 9.29 Å². The van der Waals surface area contributed by atoms with Gasteiger partial charge in [0.05, 0.1) is 10.6 Å². The van der Waals surface area contributed by atoms with Gasteiger partial charge in [0.1, 0.15) is 0 Å². The van der Waals surface area contributed by atoms with Crippen molar-refractivity contribution in [1.29, 1.82) is 0 Å². The molecule has 0 spiro atoms. The number of aryl methyl sites for hydroxylation is 2. The van der Waals surface area contributed by atoms with Crippen LogP contribution in [0.25, 0.3) is 0 Å². The lowest BCUT2D eigenvalue weighted by Crippen LogP contribution is -2.27. The summed E-state index contributed by atoms with van der Waals surface area (Å²) in [6.07, 6.45) is 1.79. The van der Waals surface area contributed by atoms with Crippen LogP contribution in [0.5, 0.6) is 0 Å². The van der Waals surface area contributed by atoms with Crippen molar-refractivity contribution in [2.75, 3.05) is 18.4 Å². The van der Waals surface area contributed by atoms with E-state index >= 15 is 0 Å². The van der Waals surface area contributed by atoms with E-state index in [-0.39, 0.29) is 10.8 Å². The van der Waals surface area contributed by atoms with E-state index in [0.717, 1.165) is 23.4 Å². The van der Waals surface area contributed by atoms with Gasteiger partial charge in [-0.2, -0.15) is 4.31 Å². The Labute approximate surface area is 145 Å². The second-order valence-corrected chi connectivity index (χ2v) is 8.89. The van der Waals surface area contributed by atoms with Gasteiger partial charge in [-0.25, -0.2) is 13.4 Å². The molecule has 1 saturated heterocycles. The average Bonchev–Trinajstić information content (AvgIpc) is 3.19. The molecule has 1 N–H and O–H groups in total. The SMILES string of the molecule is Cc1nc(NC(=O)c2ccc(S(=O)(=O)N3CCCC3)cc2)sc1C. The lowest BCUT2D eigenvalue weighted by Gasteiger charge is -2.15.